The lowest BCUT2D eigenvalue weighted by Crippen LogP contribution is -2.19. The normalized spacial score (nSPS) is 13.6. The van der Waals surface area contributed by atoms with Crippen LogP contribution in [0.4, 0.5) is 5.82 Å². The molecule has 0 unspecified atom stereocenters. The predicted molar refractivity (Wildman–Crippen MR) is 127 cm³/mol. The zero-order valence-corrected chi connectivity index (χ0v) is 18.6. The second-order valence-corrected chi connectivity index (χ2v) is 8.47. The van der Waals surface area contributed by atoms with Crippen LogP contribution in [0.2, 0.25) is 0 Å². The van der Waals surface area contributed by atoms with Crippen LogP contribution in [-0.4, -0.2) is 28.2 Å². The van der Waals surface area contributed by atoms with Gasteiger partial charge in [-0.05, 0) is 40.8 Å². The zero-order valence-electron chi connectivity index (χ0n) is 18.6. The Morgan fingerprint density at radius 3 is 2.58 bits per heavy atom. The third-order valence-corrected chi connectivity index (χ3v) is 5.86. The molecular formula is C26H25N5O2. The van der Waals surface area contributed by atoms with Gasteiger partial charge in [0.2, 0.25) is 0 Å². The monoisotopic (exact) mass is 439 g/mol. The molecule has 1 aliphatic rings. The summed E-state index contributed by atoms with van der Waals surface area (Å²) in [4.78, 5) is 12.4. The number of fused-ring (bicyclic) bond motifs is 2. The summed E-state index contributed by atoms with van der Waals surface area (Å²) < 4.78 is 11.5. The van der Waals surface area contributed by atoms with Crippen molar-refractivity contribution in [1.82, 2.24) is 15.0 Å². The lowest BCUT2D eigenvalue weighted by atomic mass is 9.95. The zero-order chi connectivity index (χ0) is 22.8. The molecule has 0 amide bonds. The van der Waals surface area contributed by atoms with Gasteiger partial charge in [-0.2, -0.15) is 5.26 Å². The molecule has 166 valence electrons. The Balaban J connectivity index is 1.47. The van der Waals surface area contributed by atoms with E-state index >= 15 is 0 Å². The van der Waals surface area contributed by atoms with E-state index in [2.05, 4.69) is 58.4 Å². The van der Waals surface area contributed by atoms with Crippen molar-refractivity contribution < 1.29 is 9.47 Å². The summed E-state index contributed by atoms with van der Waals surface area (Å²) in [6, 6.07) is 18.4. The van der Waals surface area contributed by atoms with Gasteiger partial charge in [0.05, 0.1) is 23.9 Å². The van der Waals surface area contributed by atoms with Crippen molar-refractivity contribution in [3.05, 3.63) is 66.0 Å². The second kappa shape index (κ2) is 8.83. The number of aromatic nitrogens is 3. The summed E-state index contributed by atoms with van der Waals surface area (Å²) in [7, 11) is 0. The fourth-order valence-corrected chi connectivity index (χ4v) is 4.14. The van der Waals surface area contributed by atoms with E-state index in [1.807, 2.05) is 30.3 Å². The summed E-state index contributed by atoms with van der Waals surface area (Å²) in [5.74, 6) is 2.65. The Morgan fingerprint density at radius 2 is 1.82 bits per heavy atom. The third-order valence-electron chi connectivity index (χ3n) is 5.86. The lowest BCUT2D eigenvalue weighted by Gasteiger charge is -2.26. The van der Waals surface area contributed by atoms with Crippen LogP contribution in [0.15, 0.2) is 54.9 Å². The maximum atomic E-state index is 8.89. The Bertz CT molecular complexity index is 1320. The Kier molecular flexibility index (Phi) is 5.57. The van der Waals surface area contributed by atoms with Gasteiger partial charge in [-0.15, -0.1) is 0 Å². The Morgan fingerprint density at radius 1 is 1.03 bits per heavy atom. The van der Waals surface area contributed by atoms with E-state index in [4.69, 9.17) is 14.7 Å². The van der Waals surface area contributed by atoms with Crippen LogP contribution in [0, 0.1) is 17.2 Å². The highest BCUT2D eigenvalue weighted by atomic mass is 16.6. The van der Waals surface area contributed by atoms with Crippen LogP contribution >= 0.6 is 0 Å². The van der Waals surface area contributed by atoms with E-state index in [-0.39, 0.29) is 6.04 Å². The minimum absolute atomic E-state index is 0.0301. The number of benzene rings is 2. The lowest BCUT2D eigenvalue weighted by molar-refractivity contribution is 0.171. The van der Waals surface area contributed by atoms with Crippen LogP contribution in [0.5, 0.6) is 11.5 Å². The number of anilines is 1. The van der Waals surface area contributed by atoms with Crippen LogP contribution in [-0.2, 0) is 6.42 Å². The molecule has 3 heterocycles. The average Bonchev–Trinajstić information content (AvgIpc) is 3.28. The van der Waals surface area contributed by atoms with Crippen molar-refractivity contribution in [2.24, 2.45) is 5.92 Å². The number of aromatic amines is 1. The summed E-state index contributed by atoms with van der Waals surface area (Å²) >= 11 is 0. The molecule has 1 aliphatic heterocycles. The molecule has 0 saturated heterocycles. The van der Waals surface area contributed by atoms with Crippen LogP contribution < -0.4 is 14.8 Å². The molecule has 0 bridgehead atoms. The molecule has 7 nitrogen and oxygen atoms in total. The predicted octanol–water partition coefficient (Wildman–Crippen LogP) is 5.27. The first-order valence-electron chi connectivity index (χ1n) is 11.1. The first kappa shape index (κ1) is 20.8. The molecule has 2 aromatic carbocycles. The summed E-state index contributed by atoms with van der Waals surface area (Å²) in [5, 5.41) is 13.5. The van der Waals surface area contributed by atoms with E-state index < -0.39 is 0 Å². The van der Waals surface area contributed by atoms with Gasteiger partial charge in [-0.25, -0.2) is 9.97 Å². The van der Waals surface area contributed by atoms with Gasteiger partial charge < -0.3 is 19.8 Å². The highest BCUT2D eigenvalue weighted by molar-refractivity contribution is 5.91. The summed E-state index contributed by atoms with van der Waals surface area (Å²) in [6.45, 7) is 5.50. The van der Waals surface area contributed by atoms with Crippen molar-refractivity contribution in [2.45, 2.75) is 26.3 Å². The van der Waals surface area contributed by atoms with Gasteiger partial charge >= 0.3 is 0 Å². The summed E-state index contributed by atoms with van der Waals surface area (Å²) in [5.41, 5.74) is 4.88. The van der Waals surface area contributed by atoms with E-state index in [9.17, 15) is 0 Å². The van der Waals surface area contributed by atoms with Gasteiger partial charge in [0.1, 0.15) is 31.0 Å². The van der Waals surface area contributed by atoms with E-state index in [0.717, 1.165) is 50.7 Å². The fourth-order valence-electron chi connectivity index (χ4n) is 4.14. The van der Waals surface area contributed by atoms with Crippen molar-refractivity contribution in [1.29, 1.82) is 5.26 Å². The van der Waals surface area contributed by atoms with Crippen molar-refractivity contribution in [3.8, 4) is 28.8 Å². The molecule has 0 fully saturated rings. The Labute approximate surface area is 192 Å². The number of hydrogen-bond donors (Lipinski definition) is 2. The van der Waals surface area contributed by atoms with E-state index in [0.29, 0.717) is 25.6 Å². The first-order chi connectivity index (χ1) is 16.1. The molecule has 0 spiro atoms. The maximum absolute atomic E-state index is 8.89. The standard InChI is InChI=1S/C26H25N5O2/c1-16(2)24(19-7-8-22-23(13-19)33-12-11-32-22)31-26-20-14-21(30-25(20)28-15-29-26)18-5-3-17(4-6-18)9-10-27/h3-8,13-16,24H,9,11-12H2,1-2H3,(H2,28,29,30,31)/t24-/m1/s1. The van der Waals surface area contributed by atoms with Gasteiger partial charge in [-0.1, -0.05) is 44.2 Å². The smallest absolute Gasteiger partial charge is 0.161 e. The maximum Gasteiger partial charge on any atom is 0.161 e. The first-order valence-corrected chi connectivity index (χ1v) is 11.1. The summed E-state index contributed by atoms with van der Waals surface area (Å²) in [6.07, 6.45) is 1.98. The SMILES string of the molecule is CC(C)[C@@H](Nc1ncnc2[nH]c(-c3ccc(CC#N)cc3)cc12)c1ccc2c(c1)OCCO2. The number of hydrogen-bond acceptors (Lipinski definition) is 6. The van der Waals surface area contributed by atoms with Crippen molar-refractivity contribution in [3.63, 3.8) is 0 Å². The van der Waals surface area contributed by atoms with Crippen LogP contribution in [0.3, 0.4) is 0 Å². The van der Waals surface area contributed by atoms with E-state index in [1.54, 1.807) is 6.33 Å². The quantitative estimate of drug-likeness (QED) is 0.425. The molecular weight excluding hydrogens is 414 g/mol. The van der Waals surface area contributed by atoms with Gasteiger partial charge in [0.25, 0.3) is 0 Å². The van der Waals surface area contributed by atoms with Gasteiger partial charge in [0, 0.05) is 5.69 Å². The molecule has 33 heavy (non-hydrogen) atoms. The number of ether oxygens (including phenoxy) is 2. The Hall–Kier alpha value is -4.05. The molecule has 5 rings (SSSR count). The molecule has 4 aromatic rings. The molecule has 0 aliphatic carbocycles. The molecule has 7 heteroatoms. The van der Waals surface area contributed by atoms with Crippen molar-refractivity contribution in [2.75, 3.05) is 18.5 Å². The minimum atomic E-state index is 0.0301. The molecule has 2 aromatic heterocycles. The number of rotatable bonds is 6. The highest BCUT2D eigenvalue weighted by Gasteiger charge is 2.21. The number of H-pyrrole nitrogens is 1. The van der Waals surface area contributed by atoms with Gasteiger partial charge in [-0.3, -0.25) is 0 Å². The number of nitrogens with one attached hydrogen (secondary N) is 2. The number of nitriles is 1. The van der Waals surface area contributed by atoms with Crippen molar-refractivity contribution >= 4 is 16.9 Å². The third kappa shape index (κ3) is 4.20. The average molecular weight is 440 g/mol. The molecule has 0 radical (unpaired) electrons. The van der Waals surface area contributed by atoms with Crippen LogP contribution in [0.25, 0.3) is 22.3 Å². The minimum Gasteiger partial charge on any atom is -0.486 e. The molecule has 2 N–H and O–H groups in total. The highest BCUT2D eigenvalue weighted by Crippen LogP contribution is 2.36. The molecule has 0 saturated carbocycles. The number of nitrogens with zero attached hydrogens (tertiary/aromatic N) is 3. The topological polar surface area (TPSA) is 95.9 Å². The van der Waals surface area contributed by atoms with Gasteiger partial charge in [0.15, 0.2) is 11.5 Å². The largest absolute Gasteiger partial charge is 0.486 e. The van der Waals surface area contributed by atoms with Crippen LogP contribution in [0.1, 0.15) is 31.0 Å². The fraction of sp³-hybridized carbons (Fsp3) is 0.269. The van der Waals surface area contributed by atoms with E-state index in [1.165, 1.54) is 0 Å². The second-order valence-electron chi connectivity index (χ2n) is 8.47. The molecule has 1 atom stereocenters.